The summed E-state index contributed by atoms with van der Waals surface area (Å²) in [5.74, 6) is -0.227. The minimum atomic E-state index is -0.437. The van der Waals surface area contributed by atoms with Crippen LogP contribution in [0.15, 0.2) is 49.8 Å². The molecule has 2 aromatic rings. The van der Waals surface area contributed by atoms with Gasteiger partial charge in [0.05, 0.1) is 11.3 Å². The van der Waals surface area contributed by atoms with Gasteiger partial charge in [0.2, 0.25) is 0 Å². The third-order valence-electron chi connectivity index (χ3n) is 3.13. The van der Waals surface area contributed by atoms with Gasteiger partial charge in [0.25, 0.3) is 5.91 Å². The predicted molar refractivity (Wildman–Crippen MR) is 111 cm³/mol. The van der Waals surface area contributed by atoms with Crippen molar-refractivity contribution in [1.29, 1.82) is 0 Å². The Kier molecular flexibility index (Phi) is 7.46. The van der Waals surface area contributed by atoms with E-state index >= 15 is 0 Å². The highest BCUT2D eigenvalue weighted by Gasteiger charge is 2.14. The van der Waals surface area contributed by atoms with E-state index in [1.165, 1.54) is 0 Å². The van der Waals surface area contributed by atoms with Crippen LogP contribution >= 0.6 is 47.8 Å². The van der Waals surface area contributed by atoms with Gasteiger partial charge in [-0.05, 0) is 42.8 Å². The Morgan fingerprint density at radius 2 is 1.60 bits per heavy atom. The number of hydrogen-bond donors (Lipinski definition) is 3. The quantitative estimate of drug-likeness (QED) is 0.457. The van der Waals surface area contributed by atoms with Gasteiger partial charge in [0, 0.05) is 25.7 Å². The lowest BCUT2D eigenvalue weighted by Gasteiger charge is -2.13. The summed E-state index contributed by atoms with van der Waals surface area (Å²) >= 11 is 10.1. The molecule has 0 saturated carbocycles. The maximum Gasteiger partial charge on any atom is 0.323 e. The number of urea groups is 1. The zero-order chi connectivity index (χ0) is 18.4. The van der Waals surface area contributed by atoms with Crippen LogP contribution < -0.4 is 16.0 Å². The van der Waals surface area contributed by atoms with Gasteiger partial charge in [-0.25, -0.2) is 4.79 Å². The summed E-state index contributed by atoms with van der Waals surface area (Å²) in [6, 6.07) is 10.1. The average Bonchev–Trinajstić information content (AvgIpc) is 2.51. The van der Waals surface area contributed by atoms with Gasteiger partial charge in [-0.2, -0.15) is 0 Å². The molecule has 8 heteroatoms. The molecule has 0 unspecified atom stereocenters. The number of amides is 3. The second kappa shape index (κ2) is 9.35. The molecule has 0 heterocycles. The van der Waals surface area contributed by atoms with E-state index in [1.807, 2.05) is 13.0 Å². The van der Waals surface area contributed by atoms with Gasteiger partial charge >= 0.3 is 6.03 Å². The molecule has 0 aliphatic carbocycles. The summed E-state index contributed by atoms with van der Waals surface area (Å²) in [6.07, 6.45) is 0.837. The smallest absolute Gasteiger partial charge is 0.323 e. The Morgan fingerprint density at radius 3 is 2.24 bits per heavy atom. The second-order valence-electron chi connectivity index (χ2n) is 5.18. The van der Waals surface area contributed by atoms with Crippen LogP contribution in [0.3, 0.4) is 0 Å². The van der Waals surface area contributed by atoms with Crippen molar-refractivity contribution in [2.24, 2.45) is 0 Å². The Labute approximate surface area is 171 Å². The molecule has 2 aromatic carbocycles. The molecule has 0 atom stereocenters. The maximum absolute atomic E-state index is 12.3. The van der Waals surface area contributed by atoms with E-state index < -0.39 is 6.03 Å². The number of benzene rings is 2. The number of rotatable bonds is 5. The highest BCUT2D eigenvalue weighted by Crippen LogP contribution is 2.25. The molecule has 0 radical (unpaired) electrons. The summed E-state index contributed by atoms with van der Waals surface area (Å²) in [5.41, 5.74) is 1.45. The summed E-state index contributed by atoms with van der Waals surface area (Å²) in [5, 5.41) is 8.28. The summed E-state index contributed by atoms with van der Waals surface area (Å²) in [6.45, 7) is 2.55. The fourth-order valence-electron chi connectivity index (χ4n) is 2.06. The lowest BCUT2D eigenvalue weighted by Crippen LogP contribution is -2.27. The molecular weight excluding hydrogens is 518 g/mol. The first-order valence-electron chi connectivity index (χ1n) is 7.51. The van der Waals surface area contributed by atoms with Crippen LogP contribution in [0.2, 0.25) is 0 Å². The Morgan fingerprint density at radius 1 is 0.920 bits per heavy atom. The normalized spacial score (nSPS) is 10.2. The third-order valence-corrected chi connectivity index (χ3v) is 4.54. The van der Waals surface area contributed by atoms with Crippen molar-refractivity contribution in [3.05, 3.63) is 55.4 Å². The highest BCUT2D eigenvalue weighted by molar-refractivity contribution is 9.11. The van der Waals surface area contributed by atoms with Crippen LogP contribution in [-0.4, -0.2) is 18.5 Å². The fourth-order valence-corrected chi connectivity index (χ4v) is 3.72. The van der Waals surface area contributed by atoms with Gasteiger partial charge in [0.1, 0.15) is 0 Å². The van der Waals surface area contributed by atoms with Crippen molar-refractivity contribution < 1.29 is 9.59 Å². The second-order valence-corrected chi connectivity index (χ2v) is 7.93. The summed E-state index contributed by atoms with van der Waals surface area (Å²) < 4.78 is 2.43. The fraction of sp³-hybridized carbons (Fsp3) is 0.176. The van der Waals surface area contributed by atoms with Crippen LogP contribution in [0.1, 0.15) is 23.7 Å². The van der Waals surface area contributed by atoms with E-state index in [2.05, 4.69) is 63.7 Å². The van der Waals surface area contributed by atoms with E-state index in [4.69, 9.17) is 0 Å². The van der Waals surface area contributed by atoms with Crippen molar-refractivity contribution in [1.82, 2.24) is 5.32 Å². The minimum Gasteiger partial charge on any atom is -0.352 e. The van der Waals surface area contributed by atoms with Gasteiger partial charge in [0.15, 0.2) is 0 Å². The molecule has 0 aromatic heterocycles. The lowest BCUT2D eigenvalue weighted by atomic mass is 10.1. The van der Waals surface area contributed by atoms with Crippen LogP contribution in [0.25, 0.3) is 0 Å². The Balaban J connectivity index is 2.16. The molecule has 0 bridgehead atoms. The van der Waals surface area contributed by atoms with Gasteiger partial charge < -0.3 is 16.0 Å². The van der Waals surface area contributed by atoms with Gasteiger partial charge in [-0.15, -0.1) is 0 Å². The number of carbonyl (C=O) groups is 2. The standard InChI is InChI=1S/C17H16Br3N3O2/c1-2-5-21-16(24)14-4-3-10(18)9-15(14)23-17(25)22-13-7-11(19)6-12(20)8-13/h3-4,6-9H,2,5H2,1H3,(H,21,24)(H2,22,23,25). The molecule has 0 spiro atoms. The molecular formula is C17H16Br3N3O2. The summed E-state index contributed by atoms with van der Waals surface area (Å²) in [7, 11) is 0. The van der Waals surface area contributed by atoms with E-state index in [-0.39, 0.29) is 5.91 Å². The van der Waals surface area contributed by atoms with Crippen LogP contribution in [0, 0.1) is 0 Å². The van der Waals surface area contributed by atoms with E-state index in [9.17, 15) is 9.59 Å². The number of carbonyl (C=O) groups excluding carboxylic acids is 2. The van der Waals surface area contributed by atoms with E-state index in [1.54, 1.807) is 30.3 Å². The number of halogens is 3. The summed E-state index contributed by atoms with van der Waals surface area (Å²) in [4.78, 5) is 24.6. The SMILES string of the molecule is CCCNC(=O)c1ccc(Br)cc1NC(=O)Nc1cc(Br)cc(Br)c1. The predicted octanol–water partition coefficient (Wildman–Crippen LogP) is 5.76. The van der Waals surface area contributed by atoms with Crippen molar-refractivity contribution in [3.8, 4) is 0 Å². The number of hydrogen-bond acceptors (Lipinski definition) is 2. The molecule has 0 aliphatic rings. The molecule has 0 fully saturated rings. The molecule has 5 nitrogen and oxygen atoms in total. The average molecular weight is 534 g/mol. The van der Waals surface area contributed by atoms with Crippen LogP contribution in [0.5, 0.6) is 0 Å². The van der Waals surface area contributed by atoms with Gasteiger partial charge in [-0.3, -0.25) is 4.79 Å². The van der Waals surface area contributed by atoms with Crippen molar-refractivity contribution in [3.63, 3.8) is 0 Å². The Bertz CT molecular complexity index is 776. The first-order valence-corrected chi connectivity index (χ1v) is 9.88. The highest BCUT2D eigenvalue weighted by atomic mass is 79.9. The first-order chi connectivity index (χ1) is 11.9. The minimum absolute atomic E-state index is 0.227. The largest absolute Gasteiger partial charge is 0.352 e. The zero-order valence-corrected chi connectivity index (χ0v) is 18.1. The van der Waals surface area contributed by atoms with E-state index in [0.717, 1.165) is 19.8 Å². The van der Waals surface area contributed by atoms with Gasteiger partial charge in [-0.1, -0.05) is 54.7 Å². The van der Waals surface area contributed by atoms with Crippen molar-refractivity contribution >= 4 is 71.1 Å². The zero-order valence-electron chi connectivity index (χ0n) is 13.3. The number of anilines is 2. The molecule has 25 heavy (non-hydrogen) atoms. The molecule has 3 N–H and O–H groups in total. The van der Waals surface area contributed by atoms with Crippen LogP contribution in [0.4, 0.5) is 16.2 Å². The van der Waals surface area contributed by atoms with Crippen LogP contribution in [-0.2, 0) is 0 Å². The molecule has 132 valence electrons. The maximum atomic E-state index is 12.3. The molecule has 2 rings (SSSR count). The molecule has 0 saturated heterocycles. The van der Waals surface area contributed by atoms with Crippen molar-refractivity contribution in [2.45, 2.75) is 13.3 Å². The van der Waals surface area contributed by atoms with E-state index in [0.29, 0.717) is 23.5 Å². The number of nitrogens with one attached hydrogen (secondary N) is 3. The molecule has 3 amide bonds. The van der Waals surface area contributed by atoms with Crippen molar-refractivity contribution in [2.75, 3.05) is 17.2 Å². The monoisotopic (exact) mass is 531 g/mol. The lowest BCUT2D eigenvalue weighted by molar-refractivity contribution is 0.0954. The third kappa shape index (κ3) is 6.13. The first kappa shape index (κ1) is 19.9. The topological polar surface area (TPSA) is 70.2 Å². The molecule has 0 aliphatic heterocycles. The Hall–Kier alpha value is -1.38.